The predicted molar refractivity (Wildman–Crippen MR) is 126 cm³/mol. The van der Waals surface area contributed by atoms with E-state index in [0.29, 0.717) is 10.6 Å². The van der Waals surface area contributed by atoms with Crippen LogP contribution in [0.25, 0.3) is 0 Å². The number of hydrogen-bond acceptors (Lipinski definition) is 3. The minimum atomic E-state index is -0.172. The molecule has 1 aliphatic carbocycles. The molecule has 5 nitrogen and oxygen atoms in total. The van der Waals surface area contributed by atoms with Crippen LogP contribution in [0.4, 0.5) is 0 Å². The number of carbonyl (C=O) groups excluding carboxylic acids is 2. The number of piperidine rings is 2. The van der Waals surface area contributed by atoms with Gasteiger partial charge in [0.1, 0.15) is 0 Å². The number of hydrogen-bond donors (Lipinski definition) is 2. The zero-order chi connectivity index (χ0) is 22.1. The van der Waals surface area contributed by atoms with Crippen molar-refractivity contribution < 1.29 is 9.59 Å². The van der Waals surface area contributed by atoms with Crippen molar-refractivity contribution in [2.45, 2.75) is 44.6 Å². The van der Waals surface area contributed by atoms with Crippen molar-refractivity contribution in [1.29, 1.82) is 0 Å². The molecule has 2 amide bonds. The summed E-state index contributed by atoms with van der Waals surface area (Å²) in [5.41, 5.74) is 3.76. The van der Waals surface area contributed by atoms with E-state index in [0.717, 1.165) is 69.4 Å². The second-order valence-corrected chi connectivity index (χ2v) is 9.95. The number of aryl methyl sites for hydroxylation is 1. The first-order chi connectivity index (χ1) is 15.5. The van der Waals surface area contributed by atoms with E-state index in [2.05, 4.69) is 21.6 Å². The molecule has 6 heteroatoms. The maximum absolute atomic E-state index is 13.4. The van der Waals surface area contributed by atoms with E-state index in [4.69, 9.17) is 11.6 Å². The number of benzene rings is 2. The third kappa shape index (κ3) is 4.16. The van der Waals surface area contributed by atoms with Crippen molar-refractivity contribution in [2.75, 3.05) is 26.2 Å². The number of rotatable bonds is 3. The maximum atomic E-state index is 13.4. The summed E-state index contributed by atoms with van der Waals surface area (Å²) in [5.74, 6) is -0.0532. The van der Waals surface area contributed by atoms with Crippen LogP contribution in [-0.4, -0.2) is 42.9 Å². The van der Waals surface area contributed by atoms with Crippen molar-refractivity contribution in [1.82, 2.24) is 15.5 Å². The zero-order valence-corrected chi connectivity index (χ0v) is 19.1. The quantitative estimate of drug-likeness (QED) is 0.728. The molecule has 2 aliphatic heterocycles. The Morgan fingerprint density at radius 1 is 1.09 bits per heavy atom. The van der Waals surface area contributed by atoms with Crippen LogP contribution in [0.15, 0.2) is 42.5 Å². The average Bonchev–Trinajstić information content (AvgIpc) is 3.21. The van der Waals surface area contributed by atoms with Gasteiger partial charge in [-0.2, -0.15) is 0 Å². The lowest BCUT2D eigenvalue weighted by Crippen LogP contribution is -2.50. The molecule has 168 valence electrons. The molecule has 5 rings (SSSR count). The first kappa shape index (κ1) is 21.5. The summed E-state index contributed by atoms with van der Waals surface area (Å²) in [6, 6.07) is 13.0. The topological polar surface area (TPSA) is 61.4 Å². The molecule has 2 aromatic rings. The Morgan fingerprint density at radius 3 is 2.72 bits per heavy atom. The van der Waals surface area contributed by atoms with E-state index in [9.17, 15) is 9.59 Å². The van der Waals surface area contributed by atoms with Crippen molar-refractivity contribution in [3.63, 3.8) is 0 Å². The van der Waals surface area contributed by atoms with Crippen LogP contribution in [0.2, 0.25) is 5.02 Å². The van der Waals surface area contributed by atoms with Crippen LogP contribution in [-0.2, 0) is 6.42 Å². The van der Waals surface area contributed by atoms with Gasteiger partial charge in [0.25, 0.3) is 11.8 Å². The van der Waals surface area contributed by atoms with Crippen molar-refractivity contribution in [3.05, 3.63) is 69.7 Å². The SMILES string of the molecule is O=C(NC1CCc2ccc(C(=O)N3CCCC4(CCNCC4)C3)cc21)c1ccccc1Cl. The van der Waals surface area contributed by atoms with Crippen LogP contribution >= 0.6 is 11.6 Å². The van der Waals surface area contributed by atoms with Crippen LogP contribution < -0.4 is 10.6 Å². The molecule has 32 heavy (non-hydrogen) atoms. The molecule has 0 bridgehead atoms. The lowest BCUT2D eigenvalue weighted by Gasteiger charge is -2.45. The predicted octanol–water partition coefficient (Wildman–Crippen LogP) is 4.36. The van der Waals surface area contributed by atoms with Gasteiger partial charge in [0.2, 0.25) is 0 Å². The van der Waals surface area contributed by atoms with Gasteiger partial charge in [-0.05, 0) is 92.4 Å². The fourth-order valence-corrected chi connectivity index (χ4v) is 5.92. The van der Waals surface area contributed by atoms with E-state index in [1.165, 1.54) is 12.0 Å². The lowest BCUT2D eigenvalue weighted by molar-refractivity contribution is 0.0411. The lowest BCUT2D eigenvalue weighted by atomic mass is 9.73. The van der Waals surface area contributed by atoms with E-state index in [-0.39, 0.29) is 23.3 Å². The molecule has 1 atom stereocenters. The normalized spacial score (nSPS) is 21.9. The van der Waals surface area contributed by atoms with Gasteiger partial charge in [-0.1, -0.05) is 29.8 Å². The molecule has 3 aliphatic rings. The van der Waals surface area contributed by atoms with Gasteiger partial charge in [0.15, 0.2) is 0 Å². The van der Waals surface area contributed by atoms with Gasteiger partial charge >= 0.3 is 0 Å². The Bertz CT molecular complexity index is 1030. The van der Waals surface area contributed by atoms with E-state index in [1.54, 1.807) is 12.1 Å². The Kier molecular flexibility index (Phi) is 5.95. The van der Waals surface area contributed by atoms with Crippen LogP contribution in [0.1, 0.15) is 70.0 Å². The molecule has 2 aromatic carbocycles. The fourth-order valence-electron chi connectivity index (χ4n) is 5.70. The van der Waals surface area contributed by atoms with Gasteiger partial charge in [-0.15, -0.1) is 0 Å². The monoisotopic (exact) mass is 451 g/mol. The van der Waals surface area contributed by atoms with Gasteiger partial charge in [-0.25, -0.2) is 0 Å². The number of carbonyl (C=O) groups is 2. The Balaban J connectivity index is 1.32. The minimum absolute atomic E-state index is 0.0985. The molecule has 2 saturated heterocycles. The fraction of sp³-hybridized carbons (Fsp3) is 0.462. The largest absolute Gasteiger partial charge is 0.345 e. The molecule has 0 aromatic heterocycles. The Morgan fingerprint density at radius 2 is 1.91 bits per heavy atom. The van der Waals surface area contributed by atoms with Gasteiger partial charge < -0.3 is 15.5 Å². The standard InChI is InChI=1S/C26H30ClN3O2/c27-22-5-2-1-4-20(22)24(31)29-23-9-8-18-6-7-19(16-21(18)23)25(32)30-15-3-10-26(17-30)11-13-28-14-12-26/h1-2,4-7,16,23,28H,3,8-15,17H2,(H,29,31). The minimum Gasteiger partial charge on any atom is -0.345 e. The number of nitrogens with one attached hydrogen (secondary N) is 2. The average molecular weight is 452 g/mol. The highest BCUT2D eigenvalue weighted by Crippen LogP contribution is 2.39. The highest BCUT2D eigenvalue weighted by atomic mass is 35.5. The summed E-state index contributed by atoms with van der Waals surface area (Å²) in [7, 11) is 0. The highest BCUT2D eigenvalue weighted by molar-refractivity contribution is 6.33. The summed E-state index contributed by atoms with van der Waals surface area (Å²) in [6.07, 6.45) is 6.33. The second-order valence-electron chi connectivity index (χ2n) is 9.54. The number of amides is 2. The van der Waals surface area contributed by atoms with Crippen molar-refractivity contribution >= 4 is 23.4 Å². The third-order valence-electron chi connectivity index (χ3n) is 7.51. The first-order valence-electron chi connectivity index (χ1n) is 11.7. The molecule has 2 fully saturated rings. The molecular weight excluding hydrogens is 422 g/mol. The number of likely N-dealkylation sites (tertiary alicyclic amines) is 1. The Labute approximate surface area is 194 Å². The molecular formula is C26H30ClN3O2. The first-order valence-corrected chi connectivity index (χ1v) is 12.1. The van der Waals surface area contributed by atoms with E-state index < -0.39 is 0 Å². The molecule has 2 N–H and O–H groups in total. The number of halogens is 1. The van der Waals surface area contributed by atoms with Crippen LogP contribution in [0, 0.1) is 5.41 Å². The molecule has 1 spiro atoms. The number of fused-ring (bicyclic) bond motifs is 1. The van der Waals surface area contributed by atoms with Crippen LogP contribution in [0.5, 0.6) is 0 Å². The van der Waals surface area contributed by atoms with Gasteiger partial charge in [0.05, 0.1) is 16.6 Å². The second kappa shape index (κ2) is 8.87. The summed E-state index contributed by atoms with van der Waals surface area (Å²) in [6.45, 7) is 3.79. The molecule has 0 saturated carbocycles. The van der Waals surface area contributed by atoms with Gasteiger partial charge in [-0.3, -0.25) is 9.59 Å². The molecule has 0 radical (unpaired) electrons. The third-order valence-corrected chi connectivity index (χ3v) is 7.84. The van der Waals surface area contributed by atoms with Crippen molar-refractivity contribution in [3.8, 4) is 0 Å². The molecule has 1 unspecified atom stereocenters. The highest BCUT2D eigenvalue weighted by Gasteiger charge is 2.38. The number of nitrogens with zero attached hydrogens (tertiary/aromatic N) is 1. The maximum Gasteiger partial charge on any atom is 0.253 e. The zero-order valence-electron chi connectivity index (χ0n) is 18.3. The van der Waals surface area contributed by atoms with Gasteiger partial charge in [0, 0.05) is 18.7 Å². The summed E-state index contributed by atoms with van der Waals surface area (Å²) in [4.78, 5) is 28.3. The summed E-state index contributed by atoms with van der Waals surface area (Å²) >= 11 is 6.20. The Hall–Kier alpha value is -2.37. The van der Waals surface area contributed by atoms with Crippen molar-refractivity contribution in [2.24, 2.45) is 5.41 Å². The van der Waals surface area contributed by atoms with Crippen LogP contribution in [0.3, 0.4) is 0 Å². The van der Waals surface area contributed by atoms with E-state index in [1.807, 2.05) is 24.3 Å². The summed E-state index contributed by atoms with van der Waals surface area (Å²) in [5, 5.41) is 7.03. The molecule has 2 heterocycles. The smallest absolute Gasteiger partial charge is 0.253 e. The summed E-state index contributed by atoms with van der Waals surface area (Å²) < 4.78 is 0. The van der Waals surface area contributed by atoms with E-state index >= 15 is 0 Å².